The van der Waals surface area contributed by atoms with Crippen molar-refractivity contribution in [2.75, 3.05) is 6.61 Å². The first kappa shape index (κ1) is 14.9. The molecule has 1 unspecified atom stereocenters. The number of hydrogen-bond acceptors (Lipinski definition) is 4. The Kier molecular flexibility index (Phi) is 6.05. The van der Waals surface area contributed by atoms with Crippen LogP contribution < -0.4 is 10.5 Å². The van der Waals surface area contributed by atoms with Crippen LogP contribution in [0.1, 0.15) is 58.0 Å². The summed E-state index contributed by atoms with van der Waals surface area (Å²) in [7, 11) is 0. The van der Waals surface area contributed by atoms with Crippen molar-refractivity contribution in [3.63, 3.8) is 0 Å². The van der Waals surface area contributed by atoms with Crippen molar-refractivity contribution in [2.45, 2.75) is 53.0 Å². The van der Waals surface area contributed by atoms with Crippen LogP contribution in [-0.2, 0) is 6.54 Å². The highest BCUT2D eigenvalue weighted by Crippen LogP contribution is 2.19. The molecule has 0 bridgehead atoms. The minimum atomic E-state index is 0.309. The average Bonchev–Trinajstić information content (AvgIpc) is 2.36. The van der Waals surface area contributed by atoms with E-state index >= 15 is 0 Å². The Morgan fingerprint density at radius 1 is 1.33 bits per heavy atom. The smallest absolute Gasteiger partial charge is 0.160 e. The van der Waals surface area contributed by atoms with Crippen LogP contribution in [0.2, 0.25) is 0 Å². The van der Waals surface area contributed by atoms with Crippen molar-refractivity contribution in [1.29, 1.82) is 0 Å². The van der Waals surface area contributed by atoms with Crippen molar-refractivity contribution < 1.29 is 4.74 Å². The van der Waals surface area contributed by atoms with Gasteiger partial charge >= 0.3 is 0 Å². The van der Waals surface area contributed by atoms with Gasteiger partial charge in [-0.1, -0.05) is 34.1 Å². The Morgan fingerprint density at radius 3 is 2.61 bits per heavy atom. The van der Waals surface area contributed by atoms with Gasteiger partial charge in [-0.2, -0.15) is 0 Å². The number of nitrogens with two attached hydrogens (primary N) is 1. The monoisotopic (exact) mass is 251 g/mol. The third kappa shape index (κ3) is 4.26. The molecule has 0 aliphatic rings. The Bertz CT molecular complexity index is 366. The Hall–Kier alpha value is -1.16. The molecule has 18 heavy (non-hydrogen) atoms. The number of aromatic nitrogens is 2. The molecule has 2 N–H and O–H groups in total. The number of hydrogen-bond donors (Lipinski definition) is 1. The van der Waals surface area contributed by atoms with Gasteiger partial charge in [0.15, 0.2) is 5.75 Å². The summed E-state index contributed by atoms with van der Waals surface area (Å²) in [6.07, 6.45) is 4.10. The molecule has 0 saturated carbocycles. The number of ether oxygens (including phenoxy) is 1. The highest BCUT2D eigenvalue weighted by atomic mass is 16.5. The van der Waals surface area contributed by atoms with Gasteiger partial charge in [0, 0.05) is 12.5 Å². The molecule has 1 heterocycles. The maximum atomic E-state index is 5.77. The van der Waals surface area contributed by atoms with Gasteiger partial charge in [-0.3, -0.25) is 0 Å². The van der Waals surface area contributed by atoms with Crippen LogP contribution in [0.5, 0.6) is 5.75 Å². The van der Waals surface area contributed by atoms with Gasteiger partial charge in [0.1, 0.15) is 5.82 Å². The molecule has 1 aromatic heterocycles. The standard InChI is InChI=1S/C14H25N3O/c1-5-6-11(4)9-18-13-8-16-14(10(2)3)17-12(13)7-15/h8,10-11H,5-7,9,15H2,1-4H3. The molecule has 0 spiro atoms. The zero-order chi connectivity index (χ0) is 13.5. The van der Waals surface area contributed by atoms with Crippen molar-refractivity contribution in [1.82, 2.24) is 9.97 Å². The topological polar surface area (TPSA) is 61.0 Å². The minimum absolute atomic E-state index is 0.309. The van der Waals surface area contributed by atoms with Gasteiger partial charge < -0.3 is 10.5 Å². The summed E-state index contributed by atoms with van der Waals surface area (Å²) in [5.74, 6) is 2.41. The first-order chi connectivity index (χ1) is 8.58. The van der Waals surface area contributed by atoms with Gasteiger partial charge in [0.05, 0.1) is 18.5 Å². The molecule has 0 aliphatic heterocycles. The summed E-state index contributed by atoms with van der Waals surface area (Å²) in [6, 6.07) is 0. The van der Waals surface area contributed by atoms with Crippen molar-refractivity contribution in [2.24, 2.45) is 11.7 Å². The first-order valence-corrected chi connectivity index (χ1v) is 6.77. The number of rotatable bonds is 7. The lowest BCUT2D eigenvalue weighted by molar-refractivity contribution is 0.247. The Balaban J connectivity index is 2.70. The van der Waals surface area contributed by atoms with Crippen LogP contribution in [-0.4, -0.2) is 16.6 Å². The average molecular weight is 251 g/mol. The van der Waals surface area contributed by atoms with Crippen LogP contribution in [0.4, 0.5) is 0 Å². The second-order valence-corrected chi connectivity index (χ2v) is 5.10. The van der Waals surface area contributed by atoms with Crippen LogP contribution in [0.15, 0.2) is 6.20 Å². The molecule has 1 atom stereocenters. The van der Waals surface area contributed by atoms with Gasteiger partial charge in [0.25, 0.3) is 0 Å². The summed E-state index contributed by atoms with van der Waals surface area (Å²) >= 11 is 0. The largest absolute Gasteiger partial charge is 0.490 e. The maximum absolute atomic E-state index is 5.77. The predicted octanol–water partition coefficient (Wildman–Crippen LogP) is 2.87. The van der Waals surface area contributed by atoms with Gasteiger partial charge in [-0.15, -0.1) is 0 Å². The molecule has 0 radical (unpaired) electrons. The van der Waals surface area contributed by atoms with E-state index in [0.717, 1.165) is 17.3 Å². The molecule has 0 saturated heterocycles. The highest BCUT2D eigenvalue weighted by molar-refractivity contribution is 5.25. The molecule has 0 amide bonds. The molecule has 0 aromatic carbocycles. The third-order valence-corrected chi connectivity index (χ3v) is 2.86. The summed E-state index contributed by atoms with van der Waals surface area (Å²) in [4.78, 5) is 8.77. The van der Waals surface area contributed by atoms with E-state index in [-0.39, 0.29) is 0 Å². The van der Waals surface area contributed by atoms with E-state index in [2.05, 4.69) is 37.7 Å². The lowest BCUT2D eigenvalue weighted by Crippen LogP contribution is -2.13. The van der Waals surface area contributed by atoms with Crippen molar-refractivity contribution >= 4 is 0 Å². The Morgan fingerprint density at radius 2 is 2.06 bits per heavy atom. The fourth-order valence-electron chi connectivity index (χ4n) is 1.77. The van der Waals surface area contributed by atoms with E-state index in [9.17, 15) is 0 Å². The van der Waals surface area contributed by atoms with E-state index in [1.54, 1.807) is 6.20 Å². The second kappa shape index (κ2) is 7.31. The molecule has 0 aliphatic carbocycles. The molecular weight excluding hydrogens is 226 g/mol. The normalized spacial score (nSPS) is 12.8. The molecule has 1 rings (SSSR count). The van der Waals surface area contributed by atoms with Crippen LogP contribution in [0, 0.1) is 5.92 Å². The van der Waals surface area contributed by atoms with Gasteiger partial charge in [-0.05, 0) is 12.3 Å². The van der Waals surface area contributed by atoms with E-state index in [1.807, 2.05) is 0 Å². The van der Waals surface area contributed by atoms with E-state index < -0.39 is 0 Å². The molecule has 4 heteroatoms. The lowest BCUT2D eigenvalue weighted by atomic mass is 10.1. The molecule has 4 nitrogen and oxygen atoms in total. The quantitative estimate of drug-likeness (QED) is 0.809. The fourth-order valence-corrected chi connectivity index (χ4v) is 1.77. The second-order valence-electron chi connectivity index (χ2n) is 5.10. The highest BCUT2D eigenvalue weighted by Gasteiger charge is 2.10. The van der Waals surface area contributed by atoms with Crippen molar-refractivity contribution in [3.8, 4) is 5.75 Å². The molecule has 102 valence electrons. The minimum Gasteiger partial charge on any atom is -0.490 e. The zero-order valence-corrected chi connectivity index (χ0v) is 11.9. The van der Waals surface area contributed by atoms with E-state index in [0.29, 0.717) is 25.0 Å². The summed E-state index contributed by atoms with van der Waals surface area (Å²) in [6.45, 7) is 9.60. The summed E-state index contributed by atoms with van der Waals surface area (Å²) in [5, 5.41) is 0. The SMILES string of the molecule is CCCC(C)COc1cnc(C(C)C)nc1CN. The number of nitrogens with zero attached hydrogens (tertiary/aromatic N) is 2. The maximum Gasteiger partial charge on any atom is 0.160 e. The first-order valence-electron chi connectivity index (χ1n) is 6.77. The van der Waals surface area contributed by atoms with Gasteiger partial charge in [-0.25, -0.2) is 9.97 Å². The van der Waals surface area contributed by atoms with Crippen molar-refractivity contribution in [3.05, 3.63) is 17.7 Å². The zero-order valence-electron chi connectivity index (χ0n) is 11.9. The molecule has 0 fully saturated rings. The molecular formula is C14H25N3O. The molecule has 1 aromatic rings. The van der Waals surface area contributed by atoms with Crippen LogP contribution in [0.3, 0.4) is 0 Å². The van der Waals surface area contributed by atoms with Gasteiger partial charge in [0.2, 0.25) is 0 Å². The summed E-state index contributed by atoms with van der Waals surface area (Å²) in [5.41, 5.74) is 6.52. The Labute approximate surface area is 110 Å². The van der Waals surface area contributed by atoms with E-state index in [4.69, 9.17) is 10.5 Å². The summed E-state index contributed by atoms with van der Waals surface area (Å²) < 4.78 is 5.77. The third-order valence-electron chi connectivity index (χ3n) is 2.86. The fraction of sp³-hybridized carbons (Fsp3) is 0.714. The van der Waals surface area contributed by atoms with Crippen LogP contribution >= 0.6 is 0 Å². The van der Waals surface area contributed by atoms with E-state index in [1.165, 1.54) is 12.8 Å². The lowest BCUT2D eigenvalue weighted by Gasteiger charge is -2.15. The predicted molar refractivity (Wildman–Crippen MR) is 73.6 cm³/mol. The van der Waals surface area contributed by atoms with Crippen LogP contribution in [0.25, 0.3) is 0 Å².